The Morgan fingerprint density at radius 3 is 2.62 bits per heavy atom. The van der Waals surface area contributed by atoms with Crippen molar-refractivity contribution in [3.8, 4) is 6.07 Å². The highest BCUT2D eigenvalue weighted by Gasteiger charge is 2.32. The first-order valence-corrected chi connectivity index (χ1v) is 13.7. The van der Waals surface area contributed by atoms with Gasteiger partial charge in [-0.2, -0.15) is 9.65 Å². The average Bonchev–Trinajstić information content (AvgIpc) is 3.72. The van der Waals surface area contributed by atoms with Gasteiger partial charge in [-0.05, 0) is 48.6 Å². The number of halogens is 2. The molecule has 3 heterocycles. The molecule has 202 valence electrons. The van der Waals surface area contributed by atoms with Crippen LogP contribution < -0.4 is 21.6 Å². The molecule has 8 nitrogen and oxygen atoms in total. The van der Waals surface area contributed by atoms with Gasteiger partial charge in [0.1, 0.15) is 6.07 Å². The van der Waals surface area contributed by atoms with Gasteiger partial charge in [0.05, 0.1) is 39.6 Å². The summed E-state index contributed by atoms with van der Waals surface area (Å²) in [6.45, 7) is 2.10. The minimum Gasteiger partial charge on any atom is -0.377 e. The van der Waals surface area contributed by atoms with E-state index < -0.39 is 5.95 Å². The van der Waals surface area contributed by atoms with E-state index in [4.69, 9.17) is 11.6 Å². The maximum absolute atomic E-state index is 13.7. The van der Waals surface area contributed by atoms with E-state index in [1.807, 2.05) is 41.5 Å². The number of nitrogens with zero attached hydrogens (tertiary/aromatic N) is 4. The molecule has 2 atom stereocenters. The molecule has 6 rings (SSSR count). The molecule has 0 bridgehead atoms. The van der Waals surface area contributed by atoms with Crippen molar-refractivity contribution in [2.24, 2.45) is 0 Å². The Balaban J connectivity index is 1.41. The lowest BCUT2D eigenvalue weighted by Crippen LogP contribution is -2.38. The molecule has 1 unspecified atom stereocenters. The predicted octanol–water partition coefficient (Wildman–Crippen LogP) is 6.34. The van der Waals surface area contributed by atoms with Crippen molar-refractivity contribution >= 4 is 33.9 Å². The summed E-state index contributed by atoms with van der Waals surface area (Å²) >= 11 is 6.77. The third-order valence-electron chi connectivity index (χ3n) is 7.23. The lowest BCUT2D eigenvalue weighted by molar-refractivity contribution is 0.260. The van der Waals surface area contributed by atoms with Gasteiger partial charge in [0.15, 0.2) is 0 Å². The third-order valence-corrected chi connectivity index (χ3v) is 7.52. The Bertz CT molecular complexity index is 1600. The van der Waals surface area contributed by atoms with Gasteiger partial charge in [-0.15, -0.1) is 5.53 Å². The third kappa shape index (κ3) is 5.24. The van der Waals surface area contributed by atoms with Crippen LogP contribution >= 0.6 is 11.6 Å². The van der Waals surface area contributed by atoms with Crippen molar-refractivity contribution in [1.82, 2.24) is 25.9 Å². The van der Waals surface area contributed by atoms with E-state index in [1.54, 1.807) is 12.3 Å². The number of rotatable bonds is 9. The van der Waals surface area contributed by atoms with E-state index in [2.05, 4.69) is 56.7 Å². The number of hydrogen-bond donors (Lipinski definition) is 4. The monoisotopic (exact) mass is 554 g/mol. The van der Waals surface area contributed by atoms with Crippen LogP contribution in [-0.4, -0.2) is 21.0 Å². The van der Waals surface area contributed by atoms with Gasteiger partial charge >= 0.3 is 0 Å². The van der Waals surface area contributed by atoms with Crippen molar-refractivity contribution in [3.63, 3.8) is 0 Å². The molecule has 0 amide bonds. The Kier molecular flexibility index (Phi) is 7.11. The van der Waals surface area contributed by atoms with Crippen LogP contribution in [0.15, 0.2) is 78.9 Å². The van der Waals surface area contributed by atoms with Crippen LogP contribution in [-0.2, 0) is 0 Å². The summed E-state index contributed by atoms with van der Waals surface area (Å²) in [6.07, 6.45) is 8.16. The normalized spacial score (nSPS) is 16.1. The number of aromatic nitrogens is 2. The van der Waals surface area contributed by atoms with Crippen molar-refractivity contribution in [2.75, 3.05) is 10.6 Å². The van der Waals surface area contributed by atoms with Crippen LogP contribution in [0.5, 0.6) is 0 Å². The zero-order chi connectivity index (χ0) is 27.6. The molecule has 4 N–H and O–H groups in total. The zero-order valence-corrected chi connectivity index (χ0v) is 22.6. The largest absolute Gasteiger partial charge is 0.377 e. The Morgan fingerprint density at radius 2 is 1.93 bits per heavy atom. The number of anilines is 2. The van der Waals surface area contributed by atoms with E-state index in [1.165, 1.54) is 12.3 Å². The summed E-state index contributed by atoms with van der Waals surface area (Å²) < 4.78 is 13.7. The lowest BCUT2D eigenvalue weighted by Gasteiger charge is -2.23. The summed E-state index contributed by atoms with van der Waals surface area (Å²) in [5.74, 6) is -0.544. The highest BCUT2D eigenvalue weighted by Crippen LogP contribution is 2.38. The molecule has 2 aromatic carbocycles. The number of nitriles is 1. The number of fused-ring (bicyclic) bond motifs is 1. The number of pyridine rings is 2. The van der Waals surface area contributed by atoms with E-state index in [-0.39, 0.29) is 12.1 Å². The Morgan fingerprint density at radius 1 is 1.10 bits per heavy atom. The SMILES string of the molecule is CC[C@H](Nc1c(C#N)cnc2c(Cl)cc(NC(C3=CN(C4CC4)NN3)c3ccc(F)nc3)cc12)c1ccccc1. The van der Waals surface area contributed by atoms with Crippen molar-refractivity contribution < 1.29 is 4.39 Å². The van der Waals surface area contributed by atoms with Crippen LogP contribution in [0.4, 0.5) is 15.8 Å². The fourth-order valence-electron chi connectivity index (χ4n) is 4.97. The molecule has 0 radical (unpaired) electrons. The van der Waals surface area contributed by atoms with Crippen LogP contribution in [0.3, 0.4) is 0 Å². The van der Waals surface area contributed by atoms with Crippen LogP contribution in [0.25, 0.3) is 10.9 Å². The molecule has 1 fully saturated rings. The second-order valence-electron chi connectivity index (χ2n) is 9.98. The summed E-state index contributed by atoms with van der Waals surface area (Å²) in [6, 6.07) is 19.3. The molecule has 40 heavy (non-hydrogen) atoms. The Hall–Kier alpha value is -4.39. The fourth-order valence-corrected chi connectivity index (χ4v) is 5.24. The molecule has 4 aromatic rings. The molecule has 1 aliphatic carbocycles. The first-order chi connectivity index (χ1) is 19.5. The van der Waals surface area contributed by atoms with Gasteiger partial charge < -0.3 is 16.1 Å². The first kappa shape index (κ1) is 25.9. The molecular weight excluding hydrogens is 527 g/mol. The van der Waals surface area contributed by atoms with Crippen LogP contribution in [0.2, 0.25) is 5.02 Å². The molecule has 0 saturated heterocycles. The molecular formula is C30H28ClFN8. The number of hydrogen-bond acceptors (Lipinski definition) is 8. The van der Waals surface area contributed by atoms with Gasteiger partial charge in [-0.3, -0.25) is 9.99 Å². The van der Waals surface area contributed by atoms with Gasteiger partial charge in [0.2, 0.25) is 5.95 Å². The molecule has 1 aliphatic heterocycles. The highest BCUT2D eigenvalue weighted by molar-refractivity contribution is 6.35. The first-order valence-electron chi connectivity index (χ1n) is 13.3. The molecule has 10 heteroatoms. The van der Waals surface area contributed by atoms with Gasteiger partial charge in [0.25, 0.3) is 0 Å². The second-order valence-corrected chi connectivity index (χ2v) is 10.4. The Labute approximate surface area is 236 Å². The van der Waals surface area contributed by atoms with E-state index in [0.29, 0.717) is 33.5 Å². The van der Waals surface area contributed by atoms with Crippen molar-refractivity contribution in [1.29, 1.82) is 5.26 Å². The number of hydrazine groups is 2. The summed E-state index contributed by atoms with van der Waals surface area (Å²) in [5, 5.41) is 20.3. The highest BCUT2D eigenvalue weighted by atomic mass is 35.5. The van der Waals surface area contributed by atoms with Crippen LogP contribution in [0.1, 0.15) is 55.0 Å². The smallest absolute Gasteiger partial charge is 0.212 e. The van der Waals surface area contributed by atoms with Gasteiger partial charge in [-0.1, -0.05) is 54.9 Å². The van der Waals surface area contributed by atoms with E-state index in [9.17, 15) is 9.65 Å². The summed E-state index contributed by atoms with van der Waals surface area (Å²) in [4.78, 5) is 8.38. The minimum atomic E-state index is -0.544. The maximum Gasteiger partial charge on any atom is 0.212 e. The molecule has 2 aliphatic rings. The minimum absolute atomic E-state index is 0.0142. The van der Waals surface area contributed by atoms with E-state index in [0.717, 1.165) is 41.5 Å². The summed E-state index contributed by atoms with van der Waals surface area (Å²) in [7, 11) is 0. The van der Waals surface area contributed by atoms with Crippen molar-refractivity contribution in [3.05, 3.63) is 107 Å². The predicted molar refractivity (Wildman–Crippen MR) is 154 cm³/mol. The van der Waals surface area contributed by atoms with Gasteiger partial charge in [0, 0.05) is 35.7 Å². The summed E-state index contributed by atoms with van der Waals surface area (Å²) in [5.41, 5.74) is 11.6. The lowest BCUT2D eigenvalue weighted by atomic mass is 10.0. The number of benzene rings is 2. The second kappa shape index (κ2) is 11.0. The quantitative estimate of drug-likeness (QED) is 0.178. The van der Waals surface area contributed by atoms with Crippen LogP contribution in [0, 0.1) is 17.3 Å². The zero-order valence-electron chi connectivity index (χ0n) is 21.8. The molecule has 1 saturated carbocycles. The number of nitrogens with one attached hydrogen (secondary N) is 4. The van der Waals surface area contributed by atoms with E-state index >= 15 is 0 Å². The standard InChI is InChI=1S/C30H28ClFN8/c1-2-25(18-6-4-3-5-7-18)37-28-20(14-33)16-35-30-23(28)12-21(13-24(30)31)36-29(19-8-11-27(32)34-15-19)26-17-40(39-38-26)22-9-10-22/h3-8,11-13,15-17,22,25,29,36,38-39H,2,9-10H2,1H3,(H,35,37)/t25-,29?/m0/s1. The maximum atomic E-state index is 13.7. The average molecular weight is 555 g/mol. The van der Waals surface area contributed by atoms with Crippen molar-refractivity contribution in [2.45, 2.75) is 44.3 Å². The fraction of sp³-hybridized carbons (Fsp3) is 0.233. The topological polar surface area (TPSA) is 101 Å². The molecule has 0 spiro atoms. The van der Waals surface area contributed by atoms with Gasteiger partial charge in [-0.25, -0.2) is 4.98 Å². The molecule has 2 aromatic heterocycles.